The van der Waals surface area contributed by atoms with Crippen molar-refractivity contribution in [3.8, 4) is 11.6 Å². The molecule has 0 aromatic carbocycles. The fourth-order valence-electron chi connectivity index (χ4n) is 2.97. The van der Waals surface area contributed by atoms with E-state index in [1.54, 1.807) is 24.5 Å². The summed E-state index contributed by atoms with van der Waals surface area (Å²) in [5, 5.41) is 4.28. The molecular weight excluding hydrogens is 308 g/mol. The van der Waals surface area contributed by atoms with Crippen LogP contribution >= 0.6 is 0 Å². The fourth-order valence-corrected chi connectivity index (χ4v) is 2.97. The van der Waals surface area contributed by atoms with Gasteiger partial charge in [0, 0.05) is 19.2 Å². The Kier molecular flexibility index (Phi) is 3.64. The molecule has 1 saturated heterocycles. The highest BCUT2D eigenvalue weighted by atomic mass is 16.3. The van der Waals surface area contributed by atoms with Gasteiger partial charge in [-0.1, -0.05) is 12.8 Å². The standard InChI is InChI=1S/C16H18N6O2/c17-16-18-11(15(23)21-7-3-1-2-4-8-21)10-13-19-14(20-22(13)16)12-6-5-9-24-12/h5-6,9-10H,1-4,7-8H2,(H2,17,18). The molecule has 0 aliphatic carbocycles. The van der Waals surface area contributed by atoms with Gasteiger partial charge in [0.25, 0.3) is 5.91 Å². The van der Waals surface area contributed by atoms with E-state index in [4.69, 9.17) is 10.2 Å². The molecule has 2 N–H and O–H groups in total. The number of anilines is 1. The van der Waals surface area contributed by atoms with Crippen molar-refractivity contribution < 1.29 is 9.21 Å². The lowest BCUT2D eigenvalue weighted by atomic mass is 10.2. The number of furan rings is 1. The van der Waals surface area contributed by atoms with Gasteiger partial charge in [-0.3, -0.25) is 4.79 Å². The zero-order chi connectivity index (χ0) is 16.5. The molecule has 0 radical (unpaired) electrons. The Labute approximate surface area is 138 Å². The van der Waals surface area contributed by atoms with Crippen molar-refractivity contribution in [2.75, 3.05) is 18.8 Å². The molecule has 1 amide bonds. The van der Waals surface area contributed by atoms with Gasteiger partial charge in [-0.25, -0.2) is 9.97 Å². The van der Waals surface area contributed by atoms with E-state index < -0.39 is 0 Å². The maximum Gasteiger partial charge on any atom is 0.272 e. The SMILES string of the molecule is Nc1nc(C(=O)N2CCCCCC2)cc2nc(-c3ccco3)nn12. The molecule has 4 rings (SSSR count). The molecule has 0 atom stereocenters. The zero-order valence-corrected chi connectivity index (χ0v) is 13.2. The van der Waals surface area contributed by atoms with Crippen molar-refractivity contribution in [3.05, 3.63) is 30.2 Å². The summed E-state index contributed by atoms with van der Waals surface area (Å²) in [6.45, 7) is 1.52. The molecular formula is C16H18N6O2. The van der Waals surface area contributed by atoms with Crippen molar-refractivity contribution >= 4 is 17.5 Å². The number of nitrogen functional groups attached to an aromatic ring is 1. The van der Waals surface area contributed by atoms with Crippen LogP contribution in [0.25, 0.3) is 17.2 Å². The van der Waals surface area contributed by atoms with Gasteiger partial charge in [0.15, 0.2) is 11.4 Å². The number of nitrogens with zero attached hydrogens (tertiary/aromatic N) is 5. The van der Waals surface area contributed by atoms with E-state index in [1.165, 1.54) is 4.52 Å². The number of fused-ring (bicyclic) bond motifs is 1. The number of likely N-dealkylation sites (tertiary alicyclic amines) is 1. The summed E-state index contributed by atoms with van der Waals surface area (Å²) in [5.74, 6) is 0.982. The second-order valence-corrected chi connectivity index (χ2v) is 5.89. The van der Waals surface area contributed by atoms with E-state index in [-0.39, 0.29) is 11.9 Å². The summed E-state index contributed by atoms with van der Waals surface area (Å²) in [4.78, 5) is 23.2. The normalized spacial score (nSPS) is 15.6. The number of carbonyl (C=O) groups excluding carboxylic acids is 1. The van der Waals surface area contributed by atoms with Crippen LogP contribution in [0.3, 0.4) is 0 Å². The lowest BCUT2D eigenvalue weighted by Crippen LogP contribution is -2.32. The molecule has 8 heteroatoms. The highest BCUT2D eigenvalue weighted by Crippen LogP contribution is 2.19. The smallest absolute Gasteiger partial charge is 0.272 e. The summed E-state index contributed by atoms with van der Waals surface area (Å²) >= 11 is 0. The molecule has 1 aliphatic rings. The third kappa shape index (κ3) is 2.60. The first-order valence-electron chi connectivity index (χ1n) is 8.09. The summed E-state index contributed by atoms with van der Waals surface area (Å²) in [5.41, 5.74) is 6.75. The van der Waals surface area contributed by atoms with Crippen molar-refractivity contribution in [2.24, 2.45) is 0 Å². The predicted molar refractivity (Wildman–Crippen MR) is 87.3 cm³/mol. The highest BCUT2D eigenvalue weighted by Gasteiger charge is 2.21. The van der Waals surface area contributed by atoms with Crippen molar-refractivity contribution in [1.29, 1.82) is 0 Å². The monoisotopic (exact) mass is 326 g/mol. The molecule has 24 heavy (non-hydrogen) atoms. The third-order valence-electron chi connectivity index (χ3n) is 4.20. The average Bonchev–Trinajstić information content (AvgIpc) is 3.18. The van der Waals surface area contributed by atoms with Crippen molar-refractivity contribution in [3.63, 3.8) is 0 Å². The van der Waals surface area contributed by atoms with Gasteiger partial charge >= 0.3 is 0 Å². The number of hydrogen-bond donors (Lipinski definition) is 1. The van der Waals surface area contributed by atoms with Gasteiger partial charge in [-0.15, -0.1) is 5.10 Å². The lowest BCUT2D eigenvalue weighted by Gasteiger charge is -2.19. The molecule has 3 aromatic rings. The van der Waals surface area contributed by atoms with Crippen molar-refractivity contribution in [1.82, 2.24) is 24.5 Å². The van der Waals surface area contributed by atoms with Crippen LogP contribution < -0.4 is 5.73 Å². The number of carbonyl (C=O) groups is 1. The minimum atomic E-state index is -0.103. The second-order valence-electron chi connectivity index (χ2n) is 5.89. The first-order valence-corrected chi connectivity index (χ1v) is 8.09. The lowest BCUT2D eigenvalue weighted by molar-refractivity contribution is 0.0756. The Bertz CT molecular complexity index is 862. The zero-order valence-electron chi connectivity index (χ0n) is 13.2. The van der Waals surface area contributed by atoms with E-state index in [2.05, 4.69) is 15.1 Å². The van der Waals surface area contributed by atoms with Crippen LogP contribution in [0.15, 0.2) is 28.9 Å². The summed E-state index contributed by atoms with van der Waals surface area (Å²) in [7, 11) is 0. The fraction of sp³-hybridized carbons (Fsp3) is 0.375. The quantitative estimate of drug-likeness (QED) is 0.772. The van der Waals surface area contributed by atoms with Gasteiger partial charge in [0.05, 0.1) is 6.26 Å². The molecule has 1 fully saturated rings. The van der Waals surface area contributed by atoms with Crippen molar-refractivity contribution in [2.45, 2.75) is 25.7 Å². The molecule has 8 nitrogen and oxygen atoms in total. The maximum absolute atomic E-state index is 12.7. The number of aromatic nitrogens is 4. The Morgan fingerprint density at radius 2 is 1.96 bits per heavy atom. The Morgan fingerprint density at radius 3 is 2.67 bits per heavy atom. The highest BCUT2D eigenvalue weighted by molar-refractivity contribution is 5.93. The molecule has 124 valence electrons. The van der Waals surface area contributed by atoms with Crippen LogP contribution in [-0.4, -0.2) is 43.5 Å². The second kappa shape index (κ2) is 5.95. The minimum Gasteiger partial charge on any atom is -0.461 e. The van der Waals surface area contributed by atoms with E-state index in [0.717, 1.165) is 38.8 Å². The van der Waals surface area contributed by atoms with E-state index in [0.29, 0.717) is 22.9 Å². The molecule has 3 aromatic heterocycles. The number of nitrogens with two attached hydrogens (primary N) is 1. The Hall–Kier alpha value is -2.90. The maximum atomic E-state index is 12.7. The number of amides is 1. The molecule has 0 bridgehead atoms. The van der Waals surface area contributed by atoms with Crippen LogP contribution in [0.4, 0.5) is 5.95 Å². The molecule has 1 aliphatic heterocycles. The van der Waals surface area contributed by atoms with Gasteiger partial charge in [-0.05, 0) is 25.0 Å². The van der Waals surface area contributed by atoms with Crippen LogP contribution in [0, 0.1) is 0 Å². The third-order valence-corrected chi connectivity index (χ3v) is 4.20. The van der Waals surface area contributed by atoms with E-state index >= 15 is 0 Å². The summed E-state index contributed by atoms with van der Waals surface area (Å²) in [6.07, 6.45) is 5.93. The number of rotatable bonds is 2. The summed E-state index contributed by atoms with van der Waals surface area (Å²) < 4.78 is 6.71. The van der Waals surface area contributed by atoms with Crippen LogP contribution in [0.1, 0.15) is 36.2 Å². The first-order chi connectivity index (χ1) is 11.7. The summed E-state index contributed by atoms with van der Waals surface area (Å²) in [6, 6.07) is 5.15. The Morgan fingerprint density at radius 1 is 1.17 bits per heavy atom. The van der Waals surface area contributed by atoms with Gasteiger partial charge in [0.2, 0.25) is 11.8 Å². The van der Waals surface area contributed by atoms with E-state index in [1.807, 2.05) is 4.90 Å². The minimum absolute atomic E-state index is 0.103. The predicted octanol–water partition coefficient (Wildman–Crippen LogP) is 1.98. The van der Waals surface area contributed by atoms with Crippen LogP contribution in [0.2, 0.25) is 0 Å². The average molecular weight is 326 g/mol. The largest absolute Gasteiger partial charge is 0.461 e. The van der Waals surface area contributed by atoms with Crippen LogP contribution in [0.5, 0.6) is 0 Å². The molecule has 0 spiro atoms. The van der Waals surface area contributed by atoms with E-state index in [9.17, 15) is 4.79 Å². The molecule has 0 unspecified atom stereocenters. The molecule has 4 heterocycles. The van der Waals surface area contributed by atoms with Crippen LogP contribution in [-0.2, 0) is 0 Å². The van der Waals surface area contributed by atoms with Gasteiger partial charge in [-0.2, -0.15) is 4.52 Å². The van der Waals surface area contributed by atoms with Gasteiger partial charge in [0.1, 0.15) is 5.69 Å². The topological polar surface area (TPSA) is 103 Å². The first kappa shape index (κ1) is 14.7. The Balaban J connectivity index is 1.70. The number of hydrogen-bond acceptors (Lipinski definition) is 6. The molecule has 0 saturated carbocycles. The van der Waals surface area contributed by atoms with Gasteiger partial charge < -0.3 is 15.1 Å².